The molecule has 1 aromatic rings. The average molecular weight is 283 g/mol. The zero-order valence-corrected chi connectivity index (χ0v) is 12.6. The number of hydrogen-bond acceptors (Lipinski definition) is 4. The van der Waals surface area contributed by atoms with Crippen LogP contribution < -0.4 is 0 Å². The fraction of sp³-hybridized carbons (Fsp3) is 0.846. The minimum Gasteiger partial charge on any atom is -0.284 e. The molecule has 0 unspecified atom stereocenters. The van der Waals surface area contributed by atoms with E-state index in [9.17, 15) is 0 Å². The van der Waals surface area contributed by atoms with Gasteiger partial charge in [0.15, 0.2) is 3.95 Å². The Kier molecular flexibility index (Phi) is 3.82. The first kappa shape index (κ1) is 12.8. The van der Waals surface area contributed by atoms with E-state index in [1.165, 1.54) is 50.2 Å². The zero-order valence-electron chi connectivity index (χ0n) is 11.0. The van der Waals surface area contributed by atoms with Crippen molar-refractivity contribution >= 4 is 23.6 Å². The maximum absolute atomic E-state index is 5.44. The molecule has 3 nitrogen and oxygen atoms in total. The normalized spacial score (nSPS) is 26.2. The van der Waals surface area contributed by atoms with Gasteiger partial charge in [0, 0.05) is 12.5 Å². The van der Waals surface area contributed by atoms with E-state index in [2.05, 4.69) is 11.8 Å². The van der Waals surface area contributed by atoms with E-state index in [1.54, 1.807) is 11.3 Å². The Morgan fingerprint density at radius 1 is 1.28 bits per heavy atom. The van der Waals surface area contributed by atoms with Crippen LogP contribution in [-0.2, 0) is 6.67 Å². The fourth-order valence-electron chi connectivity index (χ4n) is 2.56. The van der Waals surface area contributed by atoms with Gasteiger partial charge in [-0.1, -0.05) is 18.3 Å². The van der Waals surface area contributed by atoms with Crippen LogP contribution >= 0.6 is 23.6 Å². The summed E-state index contributed by atoms with van der Waals surface area (Å²) in [4.78, 5) is 2.51. The molecule has 100 valence electrons. The molecule has 0 spiro atoms. The van der Waals surface area contributed by atoms with Gasteiger partial charge in [-0.15, -0.1) is 0 Å². The van der Waals surface area contributed by atoms with Crippen molar-refractivity contribution < 1.29 is 0 Å². The van der Waals surface area contributed by atoms with Gasteiger partial charge in [0.2, 0.25) is 0 Å². The standard InChI is InChI=1S/C13H21N3S2/c1-10-3-2-7-15(8-6-10)9-16-13(17)18-12(14-16)11-4-5-11/h10-11H,2-9H2,1H3/t10-/m0/s1. The third kappa shape index (κ3) is 3.00. The quantitative estimate of drug-likeness (QED) is 0.790. The molecule has 3 rings (SSSR count). The first-order chi connectivity index (χ1) is 8.72. The van der Waals surface area contributed by atoms with Crippen LogP contribution in [0, 0.1) is 9.87 Å². The molecule has 0 aromatic carbocycles. The lowest BCUT2D eigenvalue weighted by Gasteiger charge is -2.19. The van der Waals surface area contributed by atoms with Gasteiger partial charge in [0.1, 0.15) is 5.01 Å². The van der Waals surface area contributed by atoms with Gasteiger partial charge < -0.3 is 0 Å². The van der Waals surface area contributed by atoms with E-state index in [0.717, 1.165) is 22.5 Å². The molecule has 0 amide bonds. The molecule has 5 heteroatoms. The van der Waals surface area contributed by atoms with E-state index in [0.29, 0.717) is 0 Å². The van der Waals surface area contributed by atoms with Crippen molar-refractivity contribution in [3.05, 3.63) is 8.96 Å². The summed E-state index contributed by atoms with van der Waals surface area (Å²) in [6.45, 7) is 5.65. The largest absolute Gasteiger partial charge is 0.284 e. The molecule has 1 saturated carbocycles. The molecule has 0 radical (unpaired) electrons. The second-order valence-electron chi connectivity index (χ2n) is 5.78. The number of rotatable bonds is 3. The highest BCUT2D eigenvalue weighted by atomic mass is 32.1. The third-order valence-electron chi connectivity index (χ3n) is 3.99. The van der Waals surface area contributed by atoms with Crippen molar-refractivity contribution in [3.8, 4) is 0 Å². The molecule has 18 heavy (non-hydrogen) atoms. The number of nitrogens with zero attached hydrogens (tertiary/aromatic N) is 3. The Hall–Kier alpha value is -0.260. The van der Waals surface area contributed by atoms with Crippen molar-refractivity contribution in [2.45, 2.75) is 51.6 Å². The van der Waals surface area contributed by atoms with Crippen LogP contribution in [0.15, 0.2) is 0 Å². The first-order valence-corrected chi connectivity index (χ1v) is 8.25. The number of aromatic nitrogens is 2. The maximum atomic E-state index is 5.44. The lowest BCUT2D eigenvalue weighted by atomic mass is 10.0. The monoisotopic (exact) mass is 283 g/mol. The predicted octanol–water partition coefficient (Wildman–Crippen LogP) is 3.63. The molecule has 1 atom stereocenters. The van der Waals surface area contributed by atoms with E-state index >= 15 is 0 Å². The van der Waals surface area contributed by atoms with Gasteiger partial charge in [-0.05, 0) is 56.8 Å². The van der Waals surface area contributed by atoms with Crippen LogP contribution in [-0.4, -0.2) is 27.8 Å². The Balaban J connectivity index is 1.66. The second kappa shape index (κ2) is 5.39. The Morgan fingerprint density at radius 3 is 2.89 bits per heavy atom. The molecule has 1 aliphatic heterocycles. The van der Waals surface area contributed by atoms with Crippen molar-refractivity contribution in [1.82, 2.24) is 14.7 Å². The molecule has 0 bridgehead atoms. The van der Waals surface area contributed by atoms with E-state index in [4.69, 9.17) is 17.3 Å². The SMILES string of the molecule is C[C@H]1CCCN(Cn2nc(C3CC3)sc2=S)CC1. The van der Waals surface area contributed by atoms with Crippen molar-refractivity contribution in [2.24, 2.45) is 5.92 Å². The highest BCUT2D eigenvalue weighted by Crippen LogP contribution is 2.41. The molecule has 1 aromatic heterocycles. The van der Waals surface area contributed by atoms with E-state index < -0.39 is 0 Å². The molecule has 2 aliphatic rings. The van der Waals surface area contributed by atoms with Gasteiger partial charge in [-0.25, -0.2) is 4.68 Å². The minimum atomic E-state index is 0.724. The second-order valence-corrected chi connectivity index (χ2v) is 7.43. The van der Waals surface area contributed by atoms with Crippen LogP contribution in [0.4, 0.5) is 0 Å². The Labute approximate surface area is 118 Å². The summed E-state index contributed by atoms with van der Waals surface area (Å²) in [5.41, 5.74) is 0. The van der Waals surface area contributed by atoms with Gasteiger partial charge in [-0.2, -0.15) is 5.10 Å². The van der Waals surface area contributed by atoms with Crippen molar-refractivity contribution in [3.63, 3.8) is 0 Å². The topological polar surface area (TPSA) is 21.1 Å². The van der Waals surface area contributed by atoms with Crippen LogP contribution in [0.2, 0.25) is 0 Å². The summed E-state index contributed by atoms with van der Waals surface area (Å²) < 4.78 is 3.00. The highest BCUT2D eigenvalue weighted by Gasteiger charge is 2.27. The van der Waals surface area contributed by atoms with Crippen LogP contribution in [0.5, 0.6) is 0 Å². The van der Waals surface area contributed by atoms with Crippen LogP contribution in [0.3, 0.4) is 0 Å². The Morgan fingerprint density at radius 2 is 2.11 bits per heavy atom. The molecular weight excluding hydrogens is 262 g/mol. The van der Waals surface area contributed by atoms with E-state index in [1.807, 2.05) is 4.68 Å². The summed E-state index contributed by atoms with van der Waals surface area (Å²) in [6, 6.07) is 0. The first-order valence-electron chi connectivity index (χ1n) is 7.02. The number of hydrogen-bond donors (Lipinski definition) is 0. The molecule has 1 aliphatic carbocycles. The summed E-state index contributed by atoms with van der Waals surface area (Å²) in [5.74, 6) is 1.60. The average Bonchev–Trinajstić information content (AvgIpc) is 3.13. The molecule has 2 heterocycles. The summed E-state index contributed by atoms with van der Waals surface area (Å²) in [7, 11) is 0. The minimum absolute atomic E-state index is 0.724. The van der Waals surface area contributed by atoms with Crippen molar-refractivity contribution in [2.75, 3.05) is 13.1 Å². The Bertz CT molecular complexity index is 461. The highest BCUT2D eigenvalue weighted by molar-refractivity contribution is 7.73. The lowest BCUT2D eigenvalue weighted by molar-refractivity contribution is 0.211. The van der Waals surface area contributed by atoms with Gasteiger partial charge in [0.25, 0.3) is 0 Å². The molecule has 1 saturated heterocycles. The van der Waals surface area contributed by atoms with Gasteiger partial charge >= 0.3 is 0 Å². The summed E-state index contributed by atoms with van der Waals surface area (Å²) in [6.07, 6.45) is 6.61. The third-order valence-corrected chi connectivity index (χ3v) is 5.46. The van der Waals surface area contributed by atoms with Crippen LogP contribution in [0.1, 0.15) is 50.0 Å². The lowest BCUT2D eigenvalue weighted by Crippen LogP contribution is -2.28. The van der Waals surface area contributed by atoms with Crippen molar-refractivity contribution in [1.29, 1.82) is 0 Å². The molecule has 0 N–H and O–H groups in total. The molecule has 2 fully saturated rings. The fourth-order valence-corrected chi connectivity index (χ4v) is 3.84. The predicted molar refractivity (Wildman–Crippen MR) is 77.5 cm³/mol. The van der Waals surface area contributed by atoms with E-state index in [-0.39, 0.29) is 0 Å². The maximum Gasteiger partial charge on any atom is 0.180 e. The number of likely N-dealkylation sites (tertiary alicyclic amines) is 1. The summed E-state index contributed by atoms with van der Waals surface area (Å²) >= 11 is 7.16. The summed E-state index contributed by atoms with van der Waals surface area (Å²) in [5, 5.41) is 5.97. The van der Waals surface area contributed by atoms with Gasteiger partial charge in [0.05, 0.1) is 6.67 Å². The molecular formula is C13H21N3S2. The van der Waals surface area contributed by atoms with Crippen LogP contribution in [0.25, 0.3) is 0 Å². The van der Waals surface area contributed by atoms with Gasteiger partial charge in [-0.3, -0.25) is 4.90 Å². The zero-order chi connectivity index (χ0) is 12.5. The smallest absolute Gasteiger partial charge is 0.180 e.